The molecule has 0 aliphatic carbocycles. The summed E-state index contributed by atoms with van der Waals surface area (Å²) in [7, 11) is 0. The predicted octanol–water partition coefficient (Wildman–Crippen LogP) is 2.45. The van der Waals surface area contributed by atoms with E-state index in [0.29, 0.717) is 23.1 Å². The van der Waals surface area contributed by atoms with Crippen molar-refractivity contribution in [3.8, 4) is 0 Å². The summed E-state index contributed by atoms with van der Waals surface area (Å²) in [6, 6.07) is 3.69. The number of hydrogen-bond donors (Lipinski definition) is 1. The molecule has 0 saturated carbocycles. The molecule has 96 valence electrons. The lowest BCUT2D eigenvalue weighted by molar-refractivity contribution is -0.122. The molecule has 1 aliphatic rings. The van der Waals surface area contributed by atoms with E-state index in [2.05, 4.69) is 12.2 Å². The van der Waals surface area contributed by atoms with Crippen molar-refractivity contribution in [3.05, 3.63) is 29.4 Å². The second-order valence-electron chi connectivity index (χ2n) is 4.25. The first-order chi connectivity index (χ1) is 8.61. The van der Waals surface area contributed by atoms with Crippen LogP contribution in [0.15, 0.2) is 22.2 Å². The lowest BCUT2D eigenvalue weighted by atomic mass is 10.3. The van der Waals surface area contributed by atoms with Crippen LogP contribution in [0, 0.1) is 6.92 Å². The Bertz CT molecular complexity index is 505. The number of amides is 1. The van der Waals surface area contributed by atoms with Gasteiger partial charge in [-0.25, -0.2) is 0 Å². The van der Waals surface area contributed by atoms with Gasteiger partial charge >= 0.3 is 0 Å². The Morgan fingerprint density at radius 3 is 2.89 bits per heavy atom. The fraction of sp³-hybridized carbons (Fsp3) is 0.385. The number of hydrogen-bond acceptors (Lipinski definition) is 3. The summed E-state index contributed by atoms with van der Waals surface area (Å²) in [4.78, 5) is 13.7. The second kappa shape index (κ2) is 5.35. The van der Waals surface area contributed by atoms with Crippen LogP contribution in [-0.4, -0.2) is 22.5 Å². The van der Waals surface area contributed by atoms with Crippen molar-refractivity contribution in [2.24, 2.45) is 0 Å². The standard InChI is InChI=1S/C13H16N2O2S/c1-3-4-7-15-12(16)11(14-13(15)18)8-10-6-5-9(2)17-10/h5-6,8H,3-4,7H2,1-2H3,(H,14,18). The van der Waals surface area contributed by atoms with Crippen molar-refractivity contribution in [1.82, 2.24) is 10.2 Å². The lowest BCUT2D eigenvalue weighted by Gasteiger charge is -2.12. The molecule has 1 saturated heterocycles. The van der Waals surface area contributed by atoms with Crippen LogP contribution < -0.4 is 5.32 Å². The second-order valence-corrected chi connectivity index (χ2v) is 4.63. The zero-order valence-corrected chi connectivity index (χ0v) is 11.3. The van der Waals surface area contributed by atoms with Crippen LogP contribution in [0.1, 0.15) is 31.3 Å². The summed E-state index contributed by atoms with van der Waals surface area (Å²) in [5.74, 6) is 1.39. The molecule has 1 N–H and O–H groups in total. The molecule has 1 amide bonds. The largest absolute Gasteiger partial charge is 0.462 e. The number of furan rings is 1. The van der Waals surface area contributed by atoms with E-state index in [1.165, 1.54) is 0 Å². The summed E-state index contributed by atoms with van der Waals surface area (Å²) in [5.41, 5.74) is 0.477. The topological polar surface area (TPSA) is 45.5 Å². The van der Waals surface area contributed by atoms with Gasteiger partial charge in [0.15, 0.2) is 5.11 Å². The van der Waals surface area contributed by atoms with Gasteiger partial charge in [0.25, 0.3) is 5.91 Å². The van der Waals surface area contributed by atoms with Crippen molar-refractivity contribution in [2.75, 3.05) is 6.54 Å². The highest BCUT2D eigenvalue weighted by Gasteiger charge is 2.30. The van der Waals surface area contributed by atoms with Crippen LogP contribution in [0.4, 0.5) is 0 Å². The third kappa shape index (κ3) is 2.61. The molecule has 0 bridgehead atoms. The van der Waals surface area contributed by atoms with E-state index < -0.39 is 0 Å². The summed E-state index contributed by atoms with van der Waals surface area (Å²) in [6.45, 7) is 4.61. The minimum Gasteiger partial charge on any atom is -0.462 e. The summed E-state index contributed by atoms with van der Waals surface area (Å²) in [5, 5.41) is 3.40. The average Bonchev–Trinajstić information content (AvgIpc) is 2.84. The number of nitrogens with zero attached hydrogens (tertiary/aromatic N) is 1. The lowest BCUT2D eigenvalue weighted by Crippen LogP contribution is -2.31. The Morgan fingerprint density at radius 1 is 1.50 bits per heavy atom. The highest BCUT2D eigenvalue weighted by molar-refractivity contribution is 7.80. The molecule has 4 nitrogen and oxygen atoms in total. The van der Waals surface area contributed by atoms with Gasteiger partial charge in [-0.15, -0.1) is 0 Å². The Labute approximate surface area is 112 Å². The van der Waals surface area contributed by atoms with Gasteiger partial charge in [0.1, 0.15) is 17.2 Å². The smallest absolute Gasteiger partial charge is 0.276 e. The van der Waals surface area contributed by atoms with E-state index in [1.807, 2.05) is 19.1 Å². The Kier molecular flexibility index (Phi) is 3.81. The van der Waals surface area contributed by atoms with Gasteiger partial charge in [-0.1, -0.05) is 13.3 Å². The molecule has 5 heteroatoms. The first kappa shape index (κ1) is 12.8. The molecule has 1 fully saturated rings. The van der Waals surface area contributed by atoms with Crippen LogP contribution in [0.2, 0.25) is 0 Å². The fourth-order valence-corrected chi connectivity index (χ4v) is 2.05. The monoisotopic (exact) mass is 264 g/mol. The van der Waals surface area contributed by atoms with Crippen molar-refractivity contribution >= 4 is 29.3 Å². The van der Waals surface area contributed by atoms with Crippen molar-refractivity contribution < 1.29 is 9.21 Å². The maximum atomic E-state index is 12.1. The van der Waals surface area contributed by atoms with Crippen LogP contribution in [0.5, 0.6) is 0 Å². The third-order valence-corrected chi connectivity index (χ3v) is 3.07. The molecule has 18 heavy (non-hydrogen) atoms. The Balaban J connectivity index is 2.14. The summed E-state index contributed by atoms with van der Waals surface area (Å²) < 4.78 is 5.41. The number of carbonyl (C=O) groups excluding carboxylic acids is 1. The maximum Gasteiger partial charge on any atom is 0.276 e. The molecule has 1 aliphatic heterocycles. The third-order valence-electron chi connectivity index (χ3n) is 2.75. The van der Waals surface area contributed by atoms with Gasteiger partial charge in [0.2, 0.25) is 0 Å². The van der Waals surface area contributed by atoms with Crippen molar-refractivity contribution in [1.29, 1.82) is 0 Å². The van der Waals surface area contributed by atoms with Gasteiger partial charge in [-0.05, 0) is 37.7 Å². The van der Waals surface area contributed by atoms with Gasteiger partial charge in [0.05, 0.1) is 0 Å². The van der Waals surface area contributed by atoms with Crippen molar-refractivity contribution in [3.63, 3.8) is 0 Å². The van der Waals surface area contributed by atoms with E-state index in [9.17, 15) is 4.79 Å². The molecule has 0 atom stereocenters. The maximum absolute atomic E-state index is 12.1. The molecule has 1 aromatic heterocycles. The van der Waals surface area contributed by atoms with E-state index in [1.54, 1.807) is 11.0 Å². The van der Waals surface area contributed by atoms with Crippen molar-refractivity contribution in [2.45, 2.75) is 26.7 Å². The molecule has 0 unspecified atom stereocenters. The molecule has 1 aromatic rings. The molecular formula is C13H16N2O2S. The minimum absolute atomic E-state index is 0.0810. The van der Waals surface area contributed by atoms with Crippen LogP contribution >= 0.6 is 12.2 Å². The average molecular weight is 264 g/mol. The highest BCUT2D eigenvalue weighted by Crippen LogP contribution is 2.16. The van der Waals surface area contributed by atoms with E-state index in [0.717, 1.165) is 18.6 Å². The van der Waals surface area contributed by atoms with Gasteiger partial charge in [-0.2, -0.15) is 0 Å². The number of unbranched alkanes of at least 4 members (excludes halogenated alkanes) is 1. The molecule has 0 spiro atoms. The van der Waals surface area contributed by atoms with Gasteiger partial charge in [0, 0.05) is 12.6 Å². The van der Waals surface area contributed by atoms with Crippen LogP contribution in [0.25, 0.3) is 6.08 Å². The first-order valence-corrected chi connectivity index (χ1v) is 6.43. The number of carbonyl (C=O) groups is 1. The van der Waals surface area contributed by atoms with E-state index >= 15 is 0 Å². The van der Waals surface area contributed by atoms with E-state index in [4.69, 9.17) is 16.6 Å². The van der Waals surface area contributed by atoms with Gasteiger partial charge < -0.3 is 9.73 Å². The summed E-state index contributed by atoms with van der Waals surface area (Å²) >= 11 is 5.15. The zero-order chi connectivity index (χ0) is 13.1. The normalized spacial score (nSPS) is 17.7. The molecular weight excluding hydrogens is 248 g/mol. The van der Waals surface area contributed by atoms with Crippen LogP contribution in [0.3, 0.4) is 0 Å². The highest BCUT2D eigenvalue weighted by atomic mass is 32.1. The summed E-state index contributed by atoms with van der Waals surface area (Å²) in [6.07, 6.45) is 3.66. The Morgan fingerprint density at radius 2 is 2.28 bits per heavy atom. The fourth-order valence-electron chi connectivity index (χ4n) is 1.76. The quantitative estimate of drug-likeness (QED) is 0.670. The van der Waals surface area contributed by atoms with Crippen LogP contribution in [-0.2, 0) is 4.79 Å². The van der Waals surface area contributed by atoms with E-state index in [-0.39, 0.29) is 5.91 Å². The minimum atomic E-state index is -0.0810. The predicted molar refractivity (Wildman–Crippen MR) is 73.8 cm³/mol. The zero-order valence-electron chi connectivity index (χ0n) is 10.5. The first-order valence-electron chi connectivity index (χ1n) is 6.03. The number of rotatable bonds is 4. The molecule has 0 aromatic carbocycles. The molecule has 0 radical (unpaired) electrons. The number of nitrogens with one attached hydrogen (secondary N) is 1. The SMILES string of the molecule is CCCCN1C(=O)C(=Cc2ccc(C)o2)NC1=S. The van der Waals surface area contributed by atoms with Gasteiger partial charge in [-0.3, -0.25) is 9.69 Å². The molecule has 2 rings (SSSR count). The number of aryl methyl sites for hydroxylation is 1. The Hall–Kier alpha value is -1.62. The number of thiocarbonyl (C=S) groups is 1. The molecule has 2 heterocycles.